The number of hydrogen-bond acceptors (Lipinski definition) is 8. The van der Waals surface area contributed by atoms with Crippen molar-refractivity contribution in [2.24, 2.45) is 0 Å². The molecule has 0 N–H and O–H groups in total. The average molecular weight is 1060 g/mol. The largest absolute Gasteiger partial charge is 0.117 e. The first-order chi connectivity index (χ1) is 16.7. The smallest absolute Gasteiger partial charge is 0.0717 e. The minimum absolute atomic E-state index is 1.26. The normalized spacial score (nSPS) is 16.6. The summed E-state index contributed by atoms with van der Waals surface area (Å²) < 4.78 is 14.6. The molecule has 0 unspecified atom stereocenters. The van der Waals surface area contributed by atoms with Crippen LogP contribution in [0.1, 0.15) is 51.4 Å². The minimum atomic E-state index is 1.26. The van der Waals surface area contributed by atoms with E-state index in [1.54, 1.807) is 25.4 Å². The highest BCUT2D eigenvalue weighted by atomic mass is 127. The third-order valence-corrected chi connectivity index (χ3v) is 19.3. The van der Waals surface area contributed by atoms with E-state index in [4.69, 9.17) is 0 Å². The van der Waals surface area contributed by atoms with E-state index < -0.39 is 0 Å². The number of unbranched alkanes of at least 4 members (excludes halogenated alkanes) is 4. The number of rotatable bonds is 20. The van der Waals surface area contributed by atoms with Crippen molar-refractivity contribution in [2.75, 3.05) is 40.7 Å². The molecule has 0 radical (unpaired) electrons. The molecule has 0 spiro atoms. The summed E-state index contributed by atoms with van der Waals surface area (Å²) in [7, 11) is 0. The molecule has 0 aromatic heterocycles. The molecule has 0 saturated carbocycles. The number of alkyl halides is 4. The van der Waals surface area contributed by atoms with Crippen LogP contribution in [0.3, 0.4) is 0 Å². The molecule has 0 amide bonds. The van der Waals surface area contributed by atoms with Gasteiger partial charge in [0.1, 0.15) is 0 Å². The molecular weight excluding hydrogens is 1030 g/mol. The molecule has 0 nitrogen and oxygen atoms in total. The summed E-state index contributed by atoms with van der Waals surface area (Å²) in [5.74, 6) is 5.06. The Hall–Kier alpha value is 4.94. The Kier molecular flexibility index (Phi) is 24.3. The van der Waals surface area contributed by atoms with Crippen molar-refractivity contribution in [3.8, 4) is 0 Å². The first-order valence-electron chi connectivity index (χ1n) is 11.4. The summed E-state index contributed by atoms with van der Waals surface area (Å²) in [6, 6.07) is 0. The highest BCUT2D eigenvalue weighted by molar-refractivity contribution is 14.1. The van der Waals surface area contributed by atoms with E-state index in [1.165, 1.54) is 92.1 Å². The van der Waals surface area contributed by atoms with E-state index in [0.717, 1.165) is 0 Å². The van der Waals surface area contributed by atoms with Crippen molar-refractivity contribution in [2.45, 2.75) is 51.4 Å². The fraction of sp³-hybridized carbons (Fsp3) is 0.727. The van der Waals surface area contributed by atoms with Gasteiger partial charge in [0, 0.05) is 0 Å². The molecule has 2 heterocycles. The highest BCUT2D eigenvalue weighted by Crippen LogP contribution is 2.66. The summed E-state index contributed by atoms with van der Waals surface area (Å²) in [5, 5.41) is 0. The molecule has 196 valence electrons. The van der Waals surface area contributed by atoms with Crippen LogP contribution in [0.4, 0.5) is 0 Å². The average Bonchev–Trinajstić information content (AvgIpc) is 3.44. The van der Waals surface area contributed by atoms with Crippen LogP contribution in [0.2, 0.25) is 0 Å². The predicted octanol–water partition coefficient (Wildman–Crippen LogP) is 13.1. The van der Waals surface area contributed by atoms with Gasteiger partial charge in [-0.3, -0.25) is 0 Å². The molecule has 0 atom stereocenters. The molecule has 0 aliphatic carbocycles. The minimum Gasteiger partial charge on any atom is -0.117 e. The molecule has 2 aliphatic rings. The van der Waals surface area contributed by atoms with Crippen LogP contribution in [0.5, 0.6) is 0 Å². The van der Waals surface area contributed by atoms with E-state index in [9.17, 15) is 0 Å². The lowest BCUT2D eigenvalue weighted by atomic mass is 10.4. The molecule has 2 aliphatic heterocycles. The van der Waals surface area contributed by atoms with E-state index in [2.05, 4.69) is 184 Å². The standard InChI is InChI=1S/C22H32I4S8/c23-9-1-5-13-27-17-18(28-14-6-2-10-24)32-21(31-17)22-33-19(29-15-7-3-11-25)20(34-22)30-16-8-4-12-26/h1-16H2. The Balaban J connectivity index is 2.02. The van der Waals surface area contributed by atoms with Gasteiger partial charge in [-0.2, -0.15) is 0 Å². The van der Waals surface area contributed by atoms with Crippen LogP contribution in [-0.2, 0) is 0 Å². The molecule has 2 rings (SSSR count). The second kappa shape index (κ2) is 23.5. The van der Waals surface area contributed by atoms with Gasteiger partial charge in [-0.25, -0.2) is 0 Å². The first-order valence-corrected chi connectivity index (χ1v) is 24.7. The molecular formula is C22H32I4S8. The molecule has 12 heteroatoms. The van der Waals surface area contributed by atoms with Crippen molar-refractivity contribution < 1.29 is 0 Å². The van der Waals surface area contributed by atoms with Gasteiger partial charge in [-0.1, -0.05) is 137 Å². The number of hydrogen-bond donors (Lipinski definition) is 0. The van der Waals surface area contributed by atoms with E-state index in [1.807, 2.05) is 0 Å². The maximum absolute atomic E-state index is 2.51. The second-order valence-corrected chi connectivity index (χ2v) is 21.5. The molecule has 0 bridgehead atoms. The SMILES string of the molecule is ICCCCSC1=C(SCCCCI)SC(=C2SC(SCCCCI)=C(SCCCCI)S2)S1. The fourth-order valence-corrected chi connectivity index (χ4v) is 16.9. The second-order valence-electron chi connectivity index (χ2n) is 7.11. The molecule has 0 saturated heterocycles. The van der Waals surface area contributed by atoms with Crippen LogP contribution in [-0.4, -0.2) is 40.7 Å². The van der Waals surface area contributed by atoms with Crippen LogP contribution in [0, 0.1) is 0 Å². The third-order valence-electron chi connectivity index (χ3n) is 4.29. The van der Waals surface area contributed by atoms with Crippen molar-refractivity contribution in [1.82, 2.24) is 0 Å². The lowest BCUT2D eigenvalue weighted by molar-refractivity contribution is 0.920. The van der Waals surface area contributed by atoms with Gasteiger partial charge in [-0.05, 0) is 92.1 Å². The molecule has 0 aromatic carbocycles. The molecule has 34 heavy (non-hydrogen) atoms. The Bertz CT molecular complexity index is 576. The van der Waals surface area contributed by atoms with Crippen molar-refractivity contribution in [3.05, 3.63) is 25.4 Å². The van der Waals surface area contributed by atoms with Gasteiger partial charge in [0.05, 0.1) is 25.4 Å². The zero-order valence-corrected chi connectivity index (χ0v) is 34.3. The summed E-state index contributed by atoms with van der Waals surface area (Å²) in [6.07, 6.45) is 10.7. The van der Waals surface area contributed by atoms with Gasteiger partial charge in [-0.15, -0.1) is 47.0 Å². The summed E-state index contributed by atoms with van der Waals surface area (Å²) >= 11 is 26.8. The predicted molar refractivity (Wildman–Crippen MR) is 214 cm³/mol. The van der Waals surface area contributed by atoms with Crippen LogP contribution < -0.4 is 0 Å². The van der Waals surface area contributed by atoms with E-state index in [-0.39, 0.29) is 0 Å². The lowest BCUT2D eigenvalue weighted by Gasteiger charge is -2.04. The van der Waals surface area contributed by atoms with Crippen molar-refractivity contribution in [1.29, 1.82) is 0 Å². The van der Waals surface area contributed by atoms with E-state index in [0.29, 0.717) is 0 Å². The van der Waals surface area contributed by atoms with Crippen molar-refractivity contribution in [3.63, 3.8) is 0 Å². The summed E-state index contributed by atoms with van der Waals surface area (Å²) in [6.45, 7) is 0. The molecule has 0 aromatic rings. The van der Waals surface area contributed by atoms with Crippen LogP contribution >= 0.6 is 184 Å². The van der Waals surface area contributed by atoms with Gasteiger partial charge in [0.25, 0.3) is 0 Å². The van der Waals surface area contributed by atoms with E-state index >= 15 is 0 Å². The maximum Gasteiger partial charge on any atom is 0.0717 e. The quantitative estimate of drug-likeness (QED) is 0.0664. The van der Waals surface area contributed by atoms with Crippen LogP contribution in [0.25, 0.3) is 0 Å². The monoisotopic (exact) mass is 1060 g/mol. The Morgan fingerprint density at radius 1 is 0.382 bits per heavy atom. The zero-order chi connectivity index (χ0) is 24.4. The fourth-order valence-electron chi connectivity index (χ4n) is 2.51. The first kappa shape index (κ1) is 35.1. The molecule has 0 fully saturated rings. The topological polar surface area (TPSA) is 0 Å². The van der Waals surface area contributed by atoms with Gasteiger partial charge in [0.15, 0.2) is 0 Å². The Labute approximate surface area is 296 Å². The Morgan fingerprint density at radius 3 is 0.824 bits per heavy atom. The van der Waals surface area contributed by atoms with Gasteiger partial charge >= 0.3 is 0 Å². The lowest BCUT2D eigenvalue weighted by Crippen LogP contribution is -1.83. The maximum atomic E-state index is 2.51. The number of thioether (sulfide) groups is 8. The zero-order valence-electron chi connectivity index (χ0n) is 19.1. The van der Waals surface area contributed by atoms with Crippen molar-refractivity contribution >= 4 is 184 Å². The van der Waals surface area contributed by atoms with Gasteiger partial charge in [0.2, 0.25) is 0 Å². The van der Waals surface area contributed by atoms with Crippen LogP contribution in [0.15, 0.2) is 25.4 Å². The Morgan fingerprint density at radius 2 is 0.618 bits per heavy atom. The van der Waals surface area contributed by atoms with Gasteiger partial charge < -0.3 is 0 Å². The summed E-state index contributed by atoms with van der Waals surface area (Å²) in [4.78, 5) is 0. The highest BCUT2D eigenvalue weighted by Gasteiger charge is 2.30. The third kappa shape index (κ3) is 14.7. The number of halogens is 4. The summed E-state index contributed by atoms with van der Waals surface area (Å²) in [5.41, 5.74) is 0.